The molecule has 1 N–H and O–H groups in total. The van der Waals surface area contributed by atoms with Crippen LogP contribution in [0.25, 0.3) is 0 Å². The van der Waals surface area contributed by atoms with Crippen molar-refractivity contribution in [3.05, 3.63) is 18.1 Å². The van der Waals surface area contributed by atoms with Crippen molar-refractivity contribution >= 4 is 11.7 Å². The van der Waals surface area contributed by atoms with Crippen LogP contribution in [0.15, 0.2) is 12.4 Å². The third-order valence-corrected chi connectivity index (χ3v) is 2.75. The maximum atomic E-state index is 11.7. The highest BCUT2D eigenvalue weighted by Gasteiger charge is 2.17. The molecule has 2 rings (SSSR count). The molecule has 1 saturated heterocycles. The van der Waals surface area contributed by atoms with Gasteiger partial charge in [-0.05, 0) is 19.8 Å². The first-order chi connectivity index (χ1) is 7.77. The molecule has 0 saturated carbocycles. The Morgan fingerprint density at radius 2 is 2.06 bits per heavy atom. The minimum atomic E-state index is 0.141. The fraction of sp³-hybridized carbons (Fsp3) is 0.545. The zero-order chi connectivity index (χ0) is 11.4. The molecule has 1 amide bonds. The Morgan fingerprint density at radius 1 is 1.38 bits per heavy atom. The molecule has 1 aromatic heterocycles. The van der Waals surface area contributed by atoms with E-state index in [1.54, 1.807) is 12.4 Å². The number of rotatable bonds is 3. The number of nitrogens with zero attached hydrogens (tertiary/aromatic N) is 3. The van der Waals surface area contributed by atoms with Crippen LogP contribution in [0.4, 0.5) is 5.82 Å². The predicted octanol–water partition coefficient (Wildman–Crippen LogP) is 0.819. The lowest BCUT2D eigenvalue weighted by Gasteiger charge is -2.15. The van der Waals surface area contributed by atoms with Crippen molar-refractivity contribution in [2.75, 3.05) is 25.0 Å². The Balaban J connectivity index is 1.87. The summed E-state index contributed by atoms with van der Waals surface area (Å²) in [6.45, 7) is 3.95. The van der Waals surface area contributed by atoms with Crippen LogP contribution in [0, 0.1) is 6.92 Å². The fourth-order valence-corrected chi connectivity index (χ4v) is 1.82. The van der Waals surface area contributed by atoms with E-state index in [0.717, 1.165) is 31.6 Å². The van der Waals surface area contributed by atoms with E-state index in [4.69, 9.17) is 0 Å². The molecular weight excluding hydrogens is 204 g/mol. The smallest absolute Gasteiger partial charge is 0.241 e. The summed E-state index contributed by atoms with van der Waals surface area (Å²) in [6, 6.07) is 0. The topological polar surface area (TPSA) is 58.1 Å². The van der Waals surface area contributed by atoms with E-state index in [1.807, 2.05) is 11.8 Å². The molecule has 0 bridgehead atoms. The number of hydrogen-bond donors (Lipinski definition) is 1. The summed E-state index contributed by atoms with van der Waals surface area (Å²) in [6.07, 6.45) is 5.50. The van der Waals surface area contributed by atoms with E-state index in [2.05, 4.69) is 15.3 Å². The number of hydrogen-bond acceptors (Lipinski definition) is 4. The number of carbonyl (C=O) groups excluding carboxylic acids is 1. The van der Waals surface area contributed by atoms with Gasteiger partial charge in [0.1, 0.15) is 5.82 Å². The van der Waals surface area contributed by atoms with Gasteiger partial charge in [-0.15, -0.1) is 0 Å². The molecule has 86 valence electrons. The number of carbonyl (C=O) groups is 1. The van der Waals surface area contributed by atoms with Crippen molar-refractivity contribution in [3.8, 4) is 0 Å². The molecule has 1 aliphatic heterocycles. The van der Waals surface area contributed by atoms with Crippen LogP contribution >= 0.6 is 0 Å². The molecular formula is C11H16N4O. The number of amides is 1. The first-order valence-corrected chi connectivity index (χ1v) is 5.56. The van der Waals surface area contributed by atoms with Crippen LogP contribution in [0.3, 0.4) is 0 Å². The minimum absolute atomic E-state index is 0.141. The number of likely N-dealkylation sites (tertiary alicyclic amines) is 1. The monoisotopic (exact) mass is 220 g/mol. The van der Waals surface area contributed by atoms with Crippen LogP contribution in [0.2, 0.25) is 0 Å². The van der Waals surface area contributed by atoms with Gasteiger partial charge in [0.05, 0.1) is 12.2 Å². The molecule has 0 aliphatic carbocycles. The first kappa shape index (κ1) is 10.9. The Labute approximate surface area is 94.9 Å². The zero-order valence-electron chi connectivity index (χ0n) is 9.44. The number of aryl methyl sites for hydroxylation is 1. The number of aromatic nitrogens is 2. The average molecular weight is 220 g/mol. The summed E-state index contributed by atoms with van der Waals surface area (Å²) in [7, 11) is 0. The summed E-state index contributed by atoms with van der Waals surface area (Å²) < 4.78 is 0. The Kier molecular flexibility index (Phi) is 3.34. The van der Waals surface area contributed by atoms with Gasteiger partial charge in [-0.3, -0.25) is 9.78 Å². The predicted molar refractivity (Wildman–Crippen MR) is 61.1 cm³/mol. The van der Waals surface area contributed by atoms with Gasteiger partial charge < -0.3 is 10.2 Å². The second-order valence-corrected chi connectivity index (χ2v) is 3.93. The van der Waals surface area contributed by atoms with Crippen molar-refractivity contribution in [1.82, 2.24) is 14.9 Å². The third kappa shape index (κ3) is 2.48. The van der Waals surface area contributed by atoms with Gasteiger partial charge in [0.15, 0.2) is 0 Å². The van der Waals surface area contributed by atoms with Crippen molar-refractivity contribution in [1.29, 1.82) is 0 Å². The van der Waals surface area contributed by atoms with Gasteiger partial charge in [-0.1, -0.05) is 0 Å². The zero-order valence-corrected chi connectivity index (χ0v) is 9.44. The van der Waals surface area contributed by atoms with Crippen LogP contribution in [-0.4, -0.2) is 40.4 Å². The molecule has 0 spiro atoms. The van der Waals surface area contributed by atoms with Crippen molar-refractivity contribution in [2.45, 2.75) is 19.8 Å². The van der Waals surface area contributed by atoms with Crippen LogP contribution in [0.5, 0.6) is 0 Å². The summed E-state index contributed by atoms with van der Waals surface area (Å²) >= 11 is 0. The highest BCUT2D eigenvalue weighted by Crippen LogP contribution is 2.09. The molecule has 0 unspecified atom stereocenters. The Bertz CT molecular complexity index is 374. The highest BCUT2D eigenvalue weighted by molar-refractivity contribution is 5.80. The quantitative estimate of drug-likeness (QED) is 0.819. The first-order valence-electron chi connectivity index (χ1n) is 5.56. The van der Waals surface area contributed by atoms with Crippen LogP contribution in [-0.2, 0) is 4.79 Å². The van der Waals surface area contributed by atoms with Crippen molar-refractivity contribution in [3.63, 3.8) is 0 Å². The molecule has 5 heteroatoms. The maximum absolute atomic E-state index is 11.7. The van der Waals surface area contributed by atoms with E-state index in [9.17, 15) is 4.79 Å². The van der Waals surface area contributed by atoms with Gasteiger partial charge in [0.2, 0.25) is 5.91 Å². The molecule has 1 fully saturated rings. The SMILES string of the molecule is Cc1nccnc1NCC(=O)N1CCCC1. The Morgan fingerprint density at radius 3 is 2.75 bits per heavy atom. The molecule has 1 aromatic rings. The highest BCUT2D eigenvalue weighted by atomic mass is 16.2. The molecule has 5 nitrogen and oxygen atoms in total. The van der Waals surface area contributed by atoms with Crippen molar-refractivity contribution in [2.24, 2.45) is 0 Å². The second-order valence-electron chi connectivity index (χ2n) is 3.93. The van der Waals surface area contributed by atoms with E-state index in [0.29, 0.717) is 12.4 Å². The van der Waals surface area contributed by atoms with Crippen molar-refractivity contribution < 1.29 is 4.79 Å². The molecule has 0 aromatic carbocycles. The number of anilines is 1. The molecule has 0 radical (unpaired) electrons. The summed E-state index contributed by atoms with van der Waals surface area (Å²) in [4.78, 5) is 21.9. The van der Waals surface area contributed by atoms with Crippen LogP contribution < -0.4 is 5.32 Å². The van der Waals surface area contributed by atoms with Crippen LogP contribution in [0.1, 0.15) is 18.5 Å². The second kappa shape index (κ2) is 4.92. The van der Waals surface area contributed by atoms with Gasteiger partial charge in [0, 0.05) is 25.5 Å². The van der Waals surface area contributed by atoms with E-state index < -0.39 is 0 Å². The summed E-state index contributed by atoms with van der Waals surface area (Å²) in [5.41, 5.74) is 0.816. The molecule has 2 heterocycles. The lowest BCUT2D eigenvalue weighted by molar-refractivity contribution is -0.128. The van der Waals surface area contributed by atoms with Gasteiger partial charge in [0.25, 0.3) is 0 Å². The molecule has 0 atom stereocenters. The number of nitrogens with one attached hydrogen (secondary N) is 1. The van der Waals surface area contributed by atoms with Gasteiger partial charge >= 0.3 is 0 Å². The maximum Gasteiger partial charge on any atom is 0.241 e. The lowest BCUT2D eigenvalue weighted by atomic mass is 10.4. The third-order valence-electron chi connectivity index (χ3n) is 2.75. The standard InChI is InChI=1S/C11H16N4O/c1-9-11(13-5-4-12-9)14-8-10(16)15-6-2-3-7-15/h4-5H,2-3,6-8H2,1H3,(H,13,14). The normalized spacial score (nSPS) is 15.2. The van der Waals surface area contributed by atoms with E-state index in [-0.39, 0.29) is 5.91 Å². The largest absolute Gasteiger partial charge is 0.359 e. The Hall–Kier alpha value is -1.65. The average Bonchev–Trinajstić information content (AvgIpc) is 2.81. The van der Waals surface area contributed by atoms with E-state index >= 15 is 0 Å². The van der Waals surface area contributed by atoms with Gasteiger partial charge in [-0.25, -0.2) is 4.98 Å². The van der Waals surface area contributed by atoms with E-state index in [1.165, 1.54) is 0 Å². The molecule has 1 aliphatic rings. The summed E-state index contributed by atoms with van der Waals surface area (Å²) in [5.74, 6) is 0.831. The fourth-order valence-electron chi connectivity index (χ4n) is 1.82. The lowest BCUT2D eigenvalue weighted by Crippen LogP contribution is -2.33. The molecule has 16 heavy (non-hydrogen) atoms. The summed E-state index contributed by atoms with van der Waals surface area (Å²) in [5, 5.41) is 3.02. The van der Waals surface area contributed by atoms with Gasteiger partial charge in [-0.2, -0.15) is 0 Å². The minimum Gasteiger partial charge on any atom is -0.359 e.